The van der Waals surface area contributed by atoms with Crippen molar-refractivity contribution in [3.8, 4) is 33.4 Å². The number of benzene rings is 10. The van der Waals surface area contributed by atoms with Gasteiger partial charge in [-0.3, -0.25) is 0 Å². The Morgan fingerprint density at radius 2 is 1.02 bits per heavy atom. The SMILES string of the molecule is [2H]c1c([2H])c([2H])c2c([2H])c(-c3c4c([2H])c([2H])c([2H])c([2H])c4c(-c4cc(-c5cccc6c5oc5ccc7ccccc7c56)c5ccccc5c4)c4c([2H])c([2H])c([2H])c([2H])c34)c([2H])c([2H])c2c1[2H]. The summed E-state index contributed by atoms with van der Waals surface area (Å²) in [6.07, 6.45) is 0. The van der Waals surface area contributed by atoms with E-state index >= 15 is 0 Å². The molecule has 0 atom stereocenters. The lowest BCUT2D eigenvalue weighted by molar-refractivity contribution is 0.670. The van der Waals surface area contributed by atoms with Gasteiger partial charge < -0.3 is 4.42 Å². The van der Waals surface area contributed by atoms with Crippen LogP contribution in [0.2, 0.25) is 0 Å². The van der Waals surface area contributed by atoms with Crippen LogP contribution in [0.3, 0.4) is 0 Å². The normalized spacial score (nSPS) is 16.0. The Bertz CT molecular complexity index is 3980. The molecular formula is C50H30O. The Morgan fingerprint density at radius 3 is 1.78 bits per heavy atom. The van der Waals surface area contributed by atoms with Crippen LogP contribution in [0.25, 0.3) is 109 Å². The van der Waals surface area contributed by atoms with Crippen LogP contribution in [0.5, 0.6) is 0 Å². The molecule has 0 aliphatic rings. The highest BCUT2D eigenvalue weighted by Gasteiger charge is 2.20. The van der Waals surface area contributed by atoms with Gasteiger partial charge in [0.1, 0.15) is 11.2 Å². The quantitative estimate of drug-likeness (QED) is 0.172. The van der Waals surface area contributed by atoms with E-state index in [0.29, 0.717) is 33.2 Å². The third-order valence-electron chi connectivity index (χ3n) is 9.70. The van der Waals surface area contributed by atoms with Crippen molar-refractivity contribution in [1.82, 2.24) is 0 Å². The first-order chi connectivity index (χ1) is 31.5. The zero-order valence-electron chi connectivity index (χ0n) is 41.6. The zero-order valence-corrected chi connectivity index (χ0v) is 26.6. The number of furan rings is 1. The number of hydrogen-bond donors (Lipinski definition) is 0. The van der Waals surface area contributed by atoms with Crippen LogP contribution < -0.4 is 0 Å². The summed E-state index contributed by atoms with van der Waals surface area (Å²) in [4.78, 5) is 0. The topological polar surface area (TPSA) is 13.1 Å². The summed E-state index contributed by atoms with van der Waals surface area (Å²) in [7, 11) is 0. The zero-order chi connectivity index (χ0) is 46.5. The molecule has 0 aliphatic heterocycles. The third kappa shape index (κ3) is 4.22. The second kappa shape index (κ2) is 10.9. The van der Waals surface area contributed by atoms with E-state index in [4.69, 9.17) is 16.8 Å². The molecule has 0 unspecified atom stereocenters. The lowest BCUT2D eigenvalue weighted by Gasteiger charge is -2.19. The third-order valence-corrected chi connectivity index (χ3v) is 9.70. The molecule has 11 aromatic rings. The smallest absolute Gasteiger partial charge is 0.143 e. The predicted molar refractivity (Wildman–Crippen MR) is 218 cm³/mol. The summed E-state index contributed by atoms with van der Waals surface area (Å²) >= 11 is 0. The number of para-hydroxylation sites is 1. The summed E-state index contributed by atoms with van der Waals surface area (Å²) < 4.78 is 143. The summed E-state index contributed by atoms with van der Waals surface area (Å²) in [6, 6.07) is 18.7. The molecule has 0 radical (unpaired) electrons. The van der Waals surface area contributed by atoms with Crippen molar-refractivity contribution >= 4 is 75.8 Å². The van der Waals surface area contributed by atoms with E-state index < -0.39 is 107 Å². The maximum atomic E-state index is 9.55. The highest BCUT2D eigenvalue weighted by molar-refractivity contribution is 6.24. The van der Waals surface area contributed by atoms with Gasteiger partial charge in [0.15, 0.2) is 0 Å². The number of fused-ring (bicyclic) bond motifs is 9. The molecule has 1 aromatic heterocycles. The number of rotatable bonds is 3. The van der Waals surface area contributed by atoms with Gasteiger partial charge in [0.05, 0.1) is 20.6 Å². The molecule has 0 amide bonds. The Kier molecular flexibility index (Phi) is 3.70. The van der Waals surface area contributed by atoms with Crippen molar-refractivity contribution < 1.29 is 25.0 Å². The molecule has 236 valence electrons. The molecule has 0 saturated heterocycles. The van der Waals surface area contributed by atoms with Crippen molar-refractivity contribution in [3.05, 3.63) is 182 Å². The second-order valence-corrected chi connectivity index (χ2v) is 12.4. The van der Waals surface area contributed by atoms with E-state index in [1.54, 1.807) is 12.1 Å². The summed E-state index contributed by atoms with van der Waals surface area (Å²) in [5, 5.41) is 3.43. The van der Waals surface area contributed by atoms with E-state index in [1.165, 1.54) is 0 Å². The first-order valence-corrected chi connectivity index (χ1v) is 16.4. The average molecular weight is 662 g/mol. The molecule has 0 fully saturated rings. The van der Waals surface area contributed by atoms with E-state index in [-0.39, 0.29) is 32.7 Å². The van der Waals surface area contributed by atoms with Gasteiger partial charge in [-0.25, -0.2) is 0 Å². The average Bonchev–Trinajstić information content (AvgIpc) is 3.72. The minimum Gasteiger partial charge on any atom is -0.455 e. The highest BCUT2D eigenvalue weighted by atomic mass is 16.3. The maximum absolute atomic E-state index is 9.55. The fourth-order valence-electron chi connectivity index (χ4n) is 7.53. The maximum Gasteiger partial charge on any atom is 0.143 e. The first-order valence-electron chi connectivity index (χ1n) is 23.9. The van der Waals surface area contributed by atoms with Gasteiger partial charge in [0.2, 0.25) is 0 Å². The second-order valence-electron chi connectivity index (χ2n) is 12.4. The van der Waals surface area contributed by atoms with E-state index in [1.807, 2.05) is 78.9 Å². The van der Waals surface area contributed by atoms with Crippen LogP contribution in [0.1, 0.15) is 20.6 Å². The van der Waals surface area contributed by atoms with Crippen LogP contribution >= 0.6 is 0 Å². The molecule has 1 heterocycles. The molecule has 0 bridgehead atoms. The van der Waals surface area contributed by atoms with E-state index in [9.17, 15) is 8.22 Å². The van der Waals surface area contributed by atoms with Crippen molar-refractivity contribution in [2.45, 2.75) is 0 Å². The molecule has 0 spiro atoms. The van der Waals surface area contributed by atoms with Gasteiger partial charge in [-0.1, -0.05) is 157 Å². The molecule has 0 N–H and O–H groups in total. The van der Waals surface area contributed by atoms with Gasteiger partial charge in [0.25, 0.3) is 0 Å². The fraction of sp³-hybridized carbons (Fsp3) is 0. The van der Waals surface area contributed by atoms with Crippen molar-refractivity contribution in [3.63, 3.8) is 0 Å². The minimum atomic E-state index is -0.743. The van der Waals surface area contributed by atoms with Crippen LogP contribution in [0.15, 0.2) is 186 Å². The molecule has 0 aliphatic carbocycles. The molecule has 1 heteroatoms. The highest BCUT2D eigenvalue weighted by Crippen LogP contribution is 2.47. The summed E-state index contributed by atoms with van der Waals surface area (Å²) in [5.74, 6) is 0. The lowest BCUT2D eigenvalue weighted by Crippen LogP contribution is -1.92. The van der Waals surface area contributed by atoms with Crippen molar-refractivity contribution in [1.29, 1.82) is 0 Å². The van der Waals surface area contributed by atoms with E-state index in [2.05, 4.69) is 0 Å². The van der Waals surface area contributed by atoms with E-state index in [0.717, 1.165) is 26.9 Å². The Hall–Kier alpha value is -6.70. The Balaban J connectivity index is 1.36. The van der Waals surface area contributed by atoms with Crippen molar-refractivity contribution in [2.24, 2.45) is 0 Å². The molecule has 51 heavy (non-hydrogen) atoms. The fourth-order valence-corrected chi connectivity index (χ4v) is 7.53. The number of hydrogen-bond acceptors (Lipinski definition) is 1. The van der Waals surface area contributed by atoms with Crippen LogP contribution in [0, 0.1) is 0 Å². The molecule has 10 aromatic carbocycles. The van der Waals surface area contributed by atoms with Crippen molar-refractivity contribution in [2.75, 3.05) is 0 Å². The summed E-state index contributed by atoms with van der Waals surface area (Å²) in [5.41, 5.74) is 2.02. The Morgan fingerprint density at radius 1 is 0.392 bits per heavy atom. The molecule has 1 nitrogen and oxygen atoms in total. The first kappa shape index (κ1) is 17.3. The van der Waals surface area contributed by atoms with Gasteiger partial charge in [0, 0.05) is 16.3 Å². The molecule has 11 rings (SSSR count). The predicted octanol–water partition coefficient (Wildman–Crippen LogP) is 14.4. The molecular weight excluding hydrogens is 617 g/mol. The lowest BCUT2D eigenvalue weighted by atomic mass is 9.84. The largest absolute Gasteiger partial charge is 0.455 e. The van der Waals surface area contributed by atoms with Crippen LogP contribution in [-0.4, -0.2) is 0 Å². The van der Waals surface area contributed by atoms with Gasteiger partial charge in [-0.2, -0.15) is 0 Å². The minimum absolute atomic E-state index is 0.0180. The monoisotopic (exact) mass is 661 g/mol. The van der Waals surface area contributed by atoms with Gasteiger partial charge in [-0.05, 0) is 106 Å². The molecule has 0 saturated carbocycles. The van der Waals surface area contributed by atoms with Crippen LogP contribution in [-0.2, 0) is 0 Å². The Labute approximate surface area is 315 Å². The standard InChI is InChI=1S/C50H30O/c1-2-14-33-28-35(25-24-31(33)12-1)47-39-18-7-9-20-41(39)48(42-21-10-8-19-40(42)47)36-29-34-15-4-5-16-37(34)45(30-36)43-22-11-23-44-49-38-17-6-3-13-32(38)26-27-46(49)51-50(43)44/h1-30H/i1D,2D,7D,8D,9D,10D,12D,14D,18D,19D,20D,21D,24D,25D,28D. The van der Waals surface area contributed by atoms with Gasteiger partial charge in [-0.15, -0.1) is 0 Å². The van der Waals surface area contributed by atoms with Crippen LogP contribution in [0.4, 0.5) is 0 Å². The van der Waals surface area contributed by atoms with Gasteiger partial charge >= 0.3 is 0 Å². The summed E-state index contributed by atoms with van der Waals surface area (Å²) in [6.45, 7) is 0.